The van der Waals surface area contributed by atoms with E-state index >= 15 is 0 Å². The van der Waals surface area contributed by atoms with E-state index in [4.69, 9.17) is 4.42 Å². The molecule has 0 aliphatic carbocycles. The molecule has 2 fully saturated rings. The predicted molar refractivity (Wildman–Crippen MR) is 117 cm³/mol. The number of hydrogen-bond donors (Lipinski definition) is 2. The number of furan rings is 1. The lowest BCUT2D eigenvalue weighted by Gasteiger charge is -2.38. The van der Waals surface area contributed by atoms with E-state index < -0.39 is 0 Å². The summed E-state index contributed by atoms with van der Waals surface area (Å²) >= 11 is 0. The van der Waals surface area contributed by atoms with E-state index in [0.717, 1.165) is 36.7 Å². The quantitative estimate of drug-likeness (QED) is 0.762. The van der Waals surface area contributed by atoms with Crippen molar-refractivity contribution in [1.29, 1.82) is 0 Å². The molecule has 0 saturated carbocycles. The van der Waals surface area contributed by atoms with Crippen molar-refractivity contribution in [1.82, 2.24) is 15.5 Å². The second-order valence-corrected chi connectivity index (χ2v) is 10.1. The lowest BCUT2D eigenvalue weighted by molar-refractivity contribution is -0.124. The molecule has 162 valence electrons. The molecule has 2 N–H and O–H groups in total. The van der Waals surface area contributed by atoms with Crippen LogP contribution in [0.5, 0.6) is 0 Å². The third kappa shape index (κ3) is 4.69. The van der Waals surface area contributed by atoms with Crippen molar-refractivity contribution in [2.45, 2.75) is 58.5 Å². The van der Waals surface area contributed by atoms with Crippen LogP contribution in [0.4, 0.5) is 0 Å². The van der Waals surface area contributed by atoms with Gasteiger partial charge in [0, 0.05) is 30.6 Å². The topological polar surface area (TPSA) is 74.6 Å². The highest BCUT2D eigenvalue weighted by molar-refractivity contribution is 6.05. The van der Waals surface area contributed by atoms with Crippen LogP contribution >= 0.6 is 0 Å². The molecule has 2 aliphatic heterocycles. The van der Waals surface area contributed by atoms with Gasteiger partial charge in [0.1, 0.15) is 11.8 Å². The zero-order valence-electron chi connectivity index (χ0n) is 18.2. The number of benzene rings is 1. The third-order valence-corrected chi connectivity index (χ3v) is 6.40. The van der Waals surface area contributed by atoms with Crippen LogP contribution in [0, 0.1) is 11.3 Å². The molecule has 2 amide bonds. The standard InChI is InChI=1S/C24H33N3O3/c1-24(2,3)15-26-22(28)13-27-17-8-9-18(27)11-16(10-17)12-25-23(29)20-14-30-21-7-5-4-6-19(20)21/h4-7,14,16-18H,8-13,15H2,1-3H3,(H,25,29)(H,26,28). The Morgan fingerprint density at radius 3 is 2.50 bits per heavy atom. The number of amides is 2. The average molecular weight is 412 g/mol. The summed E-state index contributed by atoms with van der Waals surface area (Å²) in [5, 5.41) is 7.04. The molecule has 1 aromatic heterocycles. The lowest BCUT2D eigenvalue weighted by Crippen LogP contribution is -2.50. The van der Waals surface area contributed by atoms with Crippen LogP contribution in [0.2, 0.25) is 0 Å². The van der Waals surface area contributed by atoms with E-state index in [9.17, 15) is 9.59 Å². The van der Waals surface area contributed by atoms with Gasteiger partial charge >= 0.3 is 0 Å². The van der Waals surface area contributed by atoms with Crippen molar-refractivity contribution < 1.29 is 14.0 Å². The molecule has 6 nitrogen and oxygen atoms in total. The second-order valence-electron chi connectivity index (χ2n) is 10.1. The van der Waals surface area contributed by atoms with Gasteiger partial charge in [-0.25, -0.2) is 0 Å². The summed E-state index contributed by atoms with van der Waals surface area (Å²) in [6.45, 7) is 8.25. The summed E-state index contributed by atoms with van der Waals surface area (Å²) in [6, 6.07) is 8.50. The second kappa shape index (κ2) is 8.42. The molecule has 3 heterocycles. The highest BCUT2D eigenvalue weighted by Crippen LogP contribution is 2.38. The fraction of sp³-hybridized carbons (Fsp3) is 0.583. The zero-order chi connectivity index (χ0) is 21.3. The summed E-state index contributed by atoms with van der Waals surface area (Å²) in [7, 11) is 0. The number of carbonyl (C=O) groups is 2. The molecule has 2 bridgehead atoms. The number of carbonyl (C=O) groups excluding carboxylic acids is 2. The Balaban J connectivity index is 1.28. The normalized spacial score (nSPS) is 24.2. The molecule has 1 aromatic carbocycles. The van der Waals surface area contributed by atoms with Gasteiger partial charge in [-0.3, -0.25) is 14.5 Å². The van der Waals surface area contributed by atoms with Crippen molar-refractivity contribution in [3.05, 3.63) is 36.1 Å². The maximum atomic E-state index is 12.7. The molecule has 2 aliphatic rings. The smallest absolute Gasteiger partial charge is 0.255 e. The van der Waals surface area contributed by atoms with Gasteiger partial charge in [0.2, 0.25) is 5.91 Å². The van der Waals surface area contributed by atoms with Gasteiger partial charge in [-0.15, -0.1) is 0 Å². The largest absolute Gasteiger partial charge is 0.463 e. The van der Waals surface area contributed by atoms with Gasteiger partial charge in [-0.2, -0.15) is 0 Å². The minimum atomic E-state index is -0.0729. The number of nitrogens with one attached hydrogen (secondary N) is 2. The number of nitrogens with zero attached hydrogens (tertiary/aromatic N) is 1. The van der Waals surface area contributed by atoms with Gasteiger partial charge in [0.15, 0.2) is 0 Å². The van der Waals surface area contributed by atoms with E-state index in [1.54, 1.807) is 6.26 Å². The third-order valence-electron chi connectivity index (χ3n) is 6.40. The molecule has 6 heteroatoms. The zero-order valence-corrected chi connectivity index (χ0v) is 18.2. The van der Waals surface area contributed by atoms with Crippen LogP contribution < -0.4 is 10.6 Å². The van der Waals surface area contributed by atoms with Crippen molar-refractivity contribution in [3.63, 3.8) is 0 Å². The molecule has 2 unspecified atom stereocenters. The molecular weight excluding hydrogens is 378 g/mol. The van der Waals surface area contributed by atoms with Crippen molar-refractivity contribution >= 4 is 22.8 Å². The summed E-state index contributed by atoms with van der Waals surface area (Å²) in [5.41, 5.74) is 1.43. The first kappa shape index (κ1) is 20.9. The monoisotopic (exact) mass is 411 g/mol. The highest BCUT2D eigenvalue weighted by atomic mass is 16.3. The fourth-order valence-electron chi connectivity index (χ4n) is 4.88. The number of piperidine rings is 1. The number of para-hydroxylation sites is 1. The Morgan fingerprint density at radius 2 is 1.80 bits per heavy atom. The molecule has 4 rings (SSSR count). The van der Waals surface area contributed by atoms with Gasteiger partial charge in [0.25, 0.3) is 5.91 Å². The number of fused-ring (bicyclic) bond motifs is 3. The Hall–Kier alpha value is -2.34. The Kier molecular flexibility index (Phi) is 5.87. The first-order valence-electron chi connectivity index (χ1n) is 11.1. The van der Waals surface area contributed by atoms with E-state index in [1.165, 1.54) is 0 Å². The summed E-state index contributed by atoms with van der Waals surface area (Å²) in [6.07, 6.45) is 5.91. The van der Waals surface area contributed by atoms with Gasteiger partial charge in [-0.05, 0) is 43.1 Å². The van der Waals surface area contributed by atoms with E-state index in [2.05, 4.69) is 36.3 Å². The number of rotatable bonds is 6. The average Bonchev–Trinajstić information content (AvgIpc) is 3.22. The lowest BCUT2D eigenvalue weighted by atomic mass is 9.90. The Bertz CT molecular complexity index is 900. The summed E-state index contributed by atoms with van der Waals surface area (Å²) < 4.78 is 5.49. The maximum absolute atomic E-state index is 12.7. The van der Waals surface area contributed by atoms with Crippen LogP contribution in [0.15, 0.2) is 34.9 Å². The summed E-state index contributed by atoms with van der Waals surface area (Å²) in [5.74, 6) is 0.509. The Labute approximate surface area is 178 Å². The van der Waals surface area contributed by atoms with Crippen molar-refractivity contribution in [2.24, 2.45) is 11.3 Å². The minimum Gasteiger partial charge on any atom is -0.463 e. The first-order chi connectivity index (χ1) is 14.3. The Morgan fingerprint density at radius 1 is 1.10 bits per heavy atom. The molecule has 2 atom stereocenters. The molecule has 2 aromatic rings. The van der Waals surface area contributed by atoms with Crippen LogP contribution in [0.1, 0.15) is 56.8 Å². The van der Waals surface area contributed by atoms with Gasteiger partial charge < -0.3 is 15.1 Å². The molecular formula is C24H33N3O3. The summed E-state index contributed by atoms with van der Waals surface area (Å²) in [4.78, 5) is 27.5. The van der Waals surface area contributed by atoms with Crippen LogP contribution in [-0.2, 0) is 4.79 Å². The minimum absolute atomic E-state index is 0.0729. The van der Waals surface area contributed by atoms with Gasteiger partial charge in [-0.1, -0.05) is 39.0 Å². The number of hydrogen-bond acceptors (Lipinski definition) is 4. The first-order valence-corrected chi connectivity index (χ1v) is 11.1. The SMILES string of the molecule is CC(C)(C)CNC(=O)CN1C2CCC1CC(CNC(=O)c1coc3ccccc13)C2. The maximum Gasteiger partial charge on any atom is 0.255 e. The van der Waals surface area contributed by atoms with E-state index in [0.29, 0.717) is 43.2 Å². The van der Waals surface area contributed by atoms with Crippen LogP contribution in [0.25, 0.3) is 11.0 Å². The highest BCUT2D eigenvalue weighted by Gasteiger charge is 2.41. The molecule has 30 heavy (non-hydrogen) atoms. The van der Waals surface area contributed by atoms with E-state index in [1.807, 2.05) is 24.3 Å². The van der Waals surface area contributed by atoms with Crippen LogP contribution in [0.3, 0.4) is 0 Å². The predicted octanol–water partition coefficient (Wildman–Crippen LogP) is 3.57. The molecule has 0 spiro atoms. The van der Waals surface area contributed by atoms with Gasteiger partial charge in [0.05, 0.1) is 12.1 Å². The van der Waals surface area contributed by atoms with Crippen LogP contribution in [-0.4, -0.2) is 48.4 Å². The molecule has 0 radical (unpaired) electrons. The van der Waals surface area contributed by atoms with E-state index in [-0.39, 0.29) is 17.2 Å². The molecule has 2 saturated heterocycles. The van der Waals surface area contributed by atoms with Crippen molar-refractivity contribution in [2.75, 3.05) is 19.6 Å². The van der Waals surface area contributed by atoms with Crippen molar-refractivity contribution in [3.8, 4) is 0 Å². The fourth-order valence-corrected chi connectivity index (χ4v) is 4.88.